The molecule has 5 heteroatoms. The molecular formula is C15H18BrF2NO. The number of benzene rings is 1. The van der Waals surface area contributed by atoms with Crippen molar-refractivity contribution in [2.45, 2.75) is 38.1 Å². The third kappa shape index (κ3) is 3.57. The second kappa shape index (κ2) is 7.16. The Hall–Kier alpha value is -0.970. The van der Waals surface area contributed by atoms with Crippen molar-refractivity contribution >= 4 is 21.8 Å². The number of amides is 1. The molecular weight excluding hydrogens is 328 g/mol. The summed E-state index contributed by atoms with van der Waals surface area (Å²) < 4.78 is 26.7. The smallest absolute Gasteiger partial charge is 0.227 e. The Morgan fingerprint density at radius 3 is 2.95 bits per heavy atom. The Morgan fingerprint density at radius 2 is 2.20 bits per heavy atom. The number of halogens is 3. The normalized spacial score (nSPS) is 18.6. The molecule has 2 rings (SSSR count). The van der Waals surface area contributed by atoms with Crippen molar-refractivity contribution in [2.75, 3.05) is 11.9 Å². The molecule has 0 aliphatic carbocycles. The van der Waals surface area contributed by atoms with E-state index in [-0.39, 0.29) is 23.9 Å². The van der Waals surface area contributed by atoms with Gasteiger partial charge in [0, 0.05) is 23.5 Å². The number of rotatable bonds is 5. The first-order valence-electron chi connectivity index (χ1n) is 6.92. The monoisotopic (exact) mass is 345 g/mol. The second-order valence-electron chi connectivity index (χ2n) is 5.10. The first-order chi connectivity index (χ1) is 9.63. The number of carbonyl (C=O) groups excluding carboxylic acids is 1. The van der Waals surface area contributed by atoms with Crippen LogP contribution in [0.1, 0.15) is 31.2 Å². The molecule has 0 spiro atoms. The summed E-state index contributed by atoms with van der Waals surface area (Å²) in [6, 6.07) is 4.22. The number of likely N-dealkylation sites (tertiary alicyclic amines) is 1. The molecule has 0 radical (unpaired) electrons. The van der Waals surface area contributed by atoms with E-state index in [1.807, 2.05) is 4.90 Å². The first kappa shape index (κ1) is 15.4. The zero-order chi connectivity index (χ0) is 14.5. The highest BCUT2D eigenvalue weighted by Crippen LogP contribution is 2.23. The number of hydrogen-bond donors (Lipinski definition) is 0. The first-order valence-corrected chi connectivity index (χ1v) is 8.04. The van der Waals surface area contributed by atoms with Gasteiger partial charge in [0.15, 0.2) is 11.6 Å². The molecule has 1 unspecified atom stereocenters. The summed E-state index contributed by atoms with van der Waals surface area (Å²) in [5, 5.41) is 0.921. The van der Waals surface area contributed by atoms with Crippen molar-refractivity contribution in [1.29, 1.82) is 0 Å². The number of hydrogen-bond acceptors (Lipinski definition) is 1. The van der Waals surface area contributed by atoms with Crippen LogP contribution in [0.4, 0.5) is 8.78 Å². The number of nitrogens with zero attached hydrogens (tertiary/aromatic N) is 1. The Kier molecular flexibility index (Phi) is 5.52. The average molecular weight is 346 g/mol. The fourth-order valence-electron chi connectivity index (χ4n) is 2.73. The van der Waals surface area contributed by atoms with E-state index in [4.69, 9.17) is 0 Å². The lowest BCUT2D eigenvalue weighted by Gasteiger charge is -2.24. The largest absolute Gasteiger partial charge is 0.339 e. The zero-order valence-corrected chi connectivity index (χ0v) is 12.8. The molecule has 0 bridgehead atoms. The molecule has 0 aromatic heterocycles. The van der Waals surface area contributed by atoms with Gasteiger partial charge in [-0.3, -0.25) is 4.79 Å². The molecule has 1 heterocycles. The van der Waals surface area contributed by atoms with Gasteiger partial charge in [-0.15, -0.1) is 0 Å². The summed E-state index contributed by atoms with van der Waals surface area (Å²) in [6.45, 7) is 0.725. The highest BCUT2D eigenvalue weighted by Gasteiger charge is 2.28. The molecule has 1 aliphatic heterocycles. The van der Waals surface area contributed by atoms with Crippen LogP contribution in [-0.2, 0) is 11.2 Å². The van der Waals surface area contributed by atoms with Gasteiger partial charge < -0.3 is 4.90 Å². The summed E-state index contributed by atoms with van der Waals surface area (Å²) in [5.41, 5.74) is 0.140. The van der Waals surface area contributed by atoms with Gasteiger partial charge in [0.05, 0.1) is 6.42 Å². The van der Waals surface area contributed by atoms with Gasteiger partial charge in [-0.1, -0.05) is 28.1 Å². The summed E-state index contributed by atoms with van der Waals surface area (Å²) in [7, 11) is 0. The van der Waals surface area contributed by atoms with Gasteiger partial charge in [-0.25, -0.2) is 8.78 Å². The van der Waals surface area contributed by atoms with Crippen molar-refractivity contribution < 1.29 is 13.6 Å². The fourth-order valence-corrected chi connectivity index (χ4v) is 3.05. The van der Waals surface area contributed by atoms with Crippen LogP contribution < -0.4 is 0 Å². The van der Waals surface area contributed by atoms with E-state index in [9.17, 15) is 13.6 Å². The Balaban J connectivity index is 2.02. The lowest BCUT2D eigenvalue weighted by molar-refractivity contribution is -0.131. The van der Waals surface area contributed by atoms with E-state index in [1.54, 1.807) is 0 Å². The predicted molar refractivity (Wildman–Crippen MR) is 77.8 cm³/mol. The highest BCUT2D eigenvalue weighted by molar-refractivity contribution is 9.09. The Labute approximate surface area is 126 Å². The van der Waals surface area contributed by atoms with Crippen LogP contribution in [0.2, 0.25) is 0 Å². The molecule has 1 aromatic rings. The minimum absolute atomic E-state index is 0.0611. The van der Waals surface area contributed by atoms with Crippen LogP contribution >= 0.6 is 15.9 Å². The topological polar surface area (TPSA) is 20.3 Å². The molecule has 1 amide bonds. The standard InChI is InChI=1S/C15H18BrF2NO/c16-8-2-5-12-6-3-9-19(12)14(20)10-11-4-1-7-13(17)15(11)18/h1,4,7,12H,2-3,5-6,8-10H2. The van der Waals surface area contributed by atoms with Gasteiger partial charge in [-0.05, 0) is 31.7 Å². The maximum Gasteiger partial charge on any atom is 0.227 e. The lowest BCUT2D eigenvalue weighted by atomic mass is 10.1. The van der Waals surface area contributed by atoms with Crippen molar-refractivity contribution in [3.8, 4) is 0 Å². The molecule has 1 saturated heterocycles. The summed E-state index contributed by atoms with van der Waals surface area (Å²) in [5.74, 6) is -1.91. The molecule has 2 nitrogen and oxygen atoms in total. The van der Waals surface area contributed by atoms with E-state index >= 15 is 0 Å². The molecule has 1 atom stereocenters. The molecule has 0 saturated carbocycles. The Bertz CT molecular complexity index is 481. The van der Waals surface area contributed by atoms with Crippen LogP contribution in [-0.4, -0.2) is 28.7 Å². The van der Waals surface area contributed by atoms with Crippen molar-refractivity contribution in [1.82, 2.24) is 4.90 Å². The third-order valence-electron chi connectivity index (χ3n) is 3.74. The average Bonchev–Trinajstić information content (AvgIpc) is 2.90. The molecule has 20 heavy (non-hydrogen) atoms. The van der Waals surface area contributed by atoms with Crippen molar-refractivity contribution in [3.05, 3.63) is 35.4 Å². The molecule has 110 valence electrons. The van der Waals surface area contributed by atoms with Gasteiger partial charge in [0.2, 0.25) is 5.91 Å². The van der Waals surface area contributed by atoms with Gasteiger partial charge in [0.1, 0.15) is 0 Å². The number of alkyl halides is 1. The third-order valence-corrected chi connectivity index (χ3v) is 4.30. The van der Waals surface area contributed by atoms with Crippen LogP contribution in [0.5, 0.6) is 0 Å². The predicted octanol–water partition coefficient (Wildman–Crippen LogP) is 3.67. The maximum absolute atomic E-state index is 13.6. The SMILES string of the molecule is O=C(Cc1cccc(F)c1F)N1CCCC1CCCBr. The number of carbonyl (C=O) groups is 1. The molecule has 0 N–H and O–H groups in total. The Morgan fingerprint density at radius 1 is 1.40 bits per heavy atom. The molecule has 1 fully saturated rings. The minimum Gasteiger partial charge on any atom is -0.339 e. The van der Waals surface area contributed by atoms with E-state index in [0.29, 0.717) is 0 Å². The van der Waals surface area contributed by atoms with Crippen LogP contribution in [0.15, 0.2) is 18.2 Å². The summed E-state index contributed by atoms with van der Waals surface area (Å²) >= 11 is 3.39. The molecule has 1 aliphatic rings. The van der Waals surface area contributed by atoms with Crippen LogP contribution in [0.25, 0.3) is 0 Å². The lowest BCUT2D eigenvalue weighted by Crippen LogP contribution is -2.36. The fraction of sp³-hybridized carbons (Fsp3) is 0.533. The zero-order valence-electron chi connectivity index (χ0n) is 11.2. The van der Waals surface area contributed by atoms with Crippen molar-refractivity contribution in [2.24, 2.45) is 0 Å². The second-order valence-corrected chi connectivity index (χ2v) is 5.90. The van der Waals surface area contributed by atoms with Gasteiger partial charge >= 0.3 is 0 Å². The van der Waals surface area contributed by atoms with E-state index in [1.165, 1.54) is 12.1 Å². The molecule has 1 aromatic carbocycles. The van der Waals surface area contributed by atoms with E-state index in [2.05, 4.69) is 15.9 Å². The van der Waals surface area contributed by atoms with Crippen LogP contribution in [0.3, 0.4) is 0 Å². The van der Waals surface area contributed by atoms with E-state index in [0.717, 1.165) is 43.6 Å². The van der Waals surface area contributed by atoms with Crippen LogP contribution in [0, 0.1) is 11.6 Å². The highest BCUT2D eigenvalue weighted by atomic mass is 79.9. The quantitative estimate of drug-likeness (QED) is 0.745. The van der Waals surface area contributed by atoms with E-state index < -0.39 is 11.6 Å². The maximum atomic E-state index is 13.6. The van der Waals surface area contributed by atoms with Gasteiger partial charge in [0.25, 0.3) is 0 Å². The summed E-state index contributed by atoms with van der Waals surface area (Å²) in [6.07, 6.45) is 3.91. The minimum atomic E-state index is -0.906. The van der Waals surface area contributed by atoms with Gasteiger partial charge in [-0.2, -0.15) is 0 Å². The van der Waals surface area contributed by atoms with Crippen molar-refractivity contribution in [3.63, 3.8) is 0 Å². The summed E-state index contributed by atoms with van der Waals surface area (Å²) in [4.78, 5) is 14.1.